The Kier molecular flexibility index (Phi) is 5.80. The van der Waals surface area contributed by atoms with Gasteiger partial charge in [-0.2, -0.15) is 0 Å². The molecule has 126 valence electrons. The smallest absolute Gasteiger partial charge is 0.220 e. The van der Waals surface area contributed by atoms with Crippen LogP contribution < -0.4 is 10.2 Å². The number of ether oxygens (including phenoxy) is 1. The molecule has 1 saturated heterocycles. The van der Waals surface area contributed by atoms with E-state index in [1.807, 2.05) is 18.2 Å². The van der Waals surface area contributed by atoms with Crippen molar-refractivity contribution in [2.45, 2.75) is 19.4 Å². The van der Waals surface area contributed by atoms with Gasteiger partial charge >= 0.3 is 0 Å². The summed E-state index contributed by atoms with van der Waals surface area (Å²) in [6.45, 7) is 3.94. The van der Waals surface area contributed by atoms with Gasteiger partial charge in [-0.25, -0.2) is 0 Å². The number of rotatable bonds is 6. The van der Waals surface area contributed by atoms with Gasteiger partial charge in [-0.15, -0.1) is 0 Å². The number of hydrogen-bond donors (Lipinski definition) is 1. The molecule has 5 heteroatoms. The Labute approximate surface area is 142 Å². The van der Waals surface area contributed by atoms with Gasteiger partial charge in [0.2, 0.25) is 5.91 Å². The van der Waals surface area contributed by atoms with E-state index in [0.717, 1.165) is 38.4 Å². The van der Waals surface area contributed by atoms with E-state index in [0.29, 0.717) is 13.0 Å². The van der Waals surface area contributed by atoms with Crippen molar-refractivity contribution in [3.8, 4) is 0 Å². The Balaban J connectivity index is 1.43. The van der Waals surface area contributed by atoms with Crippen LogP contribution in [0.1, 0.15) is 17.7 Å². The molecule has 0 radical (unpaired) electrons. The van der Waals surface area contributed by atoms with Crippen LogP contribution >= 0.6 is 0 Å². The molecule has 0 unspecified atom stereocenters. The fourth-order valence-corrected chi connectivity index (χ4v) is 2.73. The molecule has 2 aromatic rings. The molecule has 1 amide bonds. The molecule has 0 bridgehead atoms. The number of anilines is 1. The van der Waals surface area contributed by atoms with Crippen LogP contribution in [0.15, 0.2) is 48.7 Å². The summed E-state index contributed by atoms with van der Waals surface area (Å²) < 4.78 is 5.37. The molecule has 3 rings (SSSR count). The third-order valence-electron chi connectivity index (χ3n) is 4.15. The van der Waals surface area contributed by atoms with Gasteiger partial charge in [0.15, 0.2) is 0 Å². The number of benzene rings is 1. The van der Waals surface area contributed by atoms with Crippen molar-refractivity contribution in [3.63, 3.8) is 0 Å². The number of carbonyl (C=O) groups is 1. The molecule has 1 N–H and O–H groups in total. The fourth-order valence-electron chi connectivity index (χ4n) is 2.73. The number of carbonyl (C=O) groups excluding carboxylic acids is 1. The van der Waals surface area contributed by atoms with Crippen LogP contribution in [-0.2, 0) is 22.5 Å². The lowest BCUT2D eigenvalue weighted by molar-refractivity contribution is -0.121. The predicted molar refractivity (Wildman–Crippen MR) is 93.9 cm³/mol. The Morgan fingerprint density at radius 1 is 1.12 bits per heavy atom. The molecule has 0 atom stereocenters. The number of pyridine rings is 1. The number of nitrogens with one attached hydrogen (secondary N) is 1. The summed E-state index contributed by atoms with van der Waals surface area (Å²) in [5, 5.41) is 2.91. The first-order valence-electron chi connectivity index (χ1n) is 8.39. The Morgan fingerprint density at radius 3 is 2.62 bits per heavy atom. The zero-order valence-electron chi connectivity index (χ0n) is 13.8. The minimum Gasteiger partial charge on any atom is -0.378 e. The van der Waals surface area contributed by atoms with Gasteiger partial charge in [0.05, 0.1) is 25.5 Å². The lowest BCUT2D eigenvalue weighted by Gasteiger charge is -2.28. The summed E-state index contributed by atoms with van der Waals surface area (Å²) in [5.74, 6) is 0.0536. The van der Waals surface area contributed by atoms with Crippen molar-refractivity contribution in [3.05, 3.63) is 59.9 Å². The van der Waals surface area contributed by atoms with Crippen LogP contribution in [-0.4, -0.2) is 37.2 Å². The van der Waals surface area contributed by atoms with E-state index in [4.69, 9.17) is 4.74 Å². The molecule has 0 spiro atoms. The maximum Gasteiger partial charge on any atom is 0.220 e. The number of aryl methyl sites for hydroxylation is 1. The molecule has 5 nitrogen and oxygen atoms in total. The van der Waals surface area contributed by atoms with Crippen LogP contribution in [0, 0.1) is 0 Å². The summed E-state index contributed by atoms with van der Waals surface area (Å²) >= 11 is 0. The first kappa shape index (κ1) is 16.5. The molecular formula is C19H23N3O2. The lowest BCUT2D eigenvalue weighted by atomic mass is 10.1. The topological polar surface area (TPSA) is 54.5 Å². The largest absolute Gasteiger partial charge is 0.378 e. The summed E-state index contributed by atoms with van der Waals surface area (Å²) in [4.78, 5) is 18.5. The van der Waals surface area contributed by atoms with E-state index < -0.39 is 0 Å². The summed E-state index contributed by atoms with van der Waals surface area (Å²) in [7, 11) is 0. The molecule has 1 aliphatic rings. The van der Waals surface area contributed by atoms with E-state index in [9.17, 15) is 4.79 Å². The number of aromatic nitrogens is 1. The zero-order chi connectivity index (χ0) is 16.6. The van der Waals surface area contributed by atoms with Crippen molar-refractivity contribution < 1.29 is 9.53 Å². The number of nitrogens with zero attached hydrogens (tertiary/aromatic N) is 2. The second-order valence-corrected chi connectivity index (χ2v) is 5.86. The molecule has 24 heavy (non-hydrogen) atoms. The summed E-state index contributed by atoms with van der Waals surface area (Å²) in [5.41, 5.74) is 3.28. The third-order valence-corrected chi connectivity index (χ3v) is 4.15. The molecule has 0 saturated carbocycles. The van der Waals surface area contributed by atoms with E-state index in [1.54, 1.807) is 6.20 Å². The standard InChI is InChI=1S/C19H23N3O2/c23-19(21-15-17-3-1-2-10-20-17)9-6-16-4-7-18(8-5-16)22-11-13-24-14-12-22/h1-5,7-8,10H,6,9,11-15H2,(H,21,23). The zero-order valence-corrected chi connectivity index (χ0v) is 13.8. The van der Waals surface area contributed by atoms with Crippen molar-refractivity contribution in [1.82, 2.24) is 10.3 Å². The third kappa shape index (κ3) is 4.80. The first-order chi connectivity index (χ1) is 11.8. The first-order valence-corrected chi connectivity index (χ1v) is 8.39. The Morgan fingerprint density at radius 2 is 1.92 bits per heavy atom. The number of hydrogen-bond acceptors (Lipinski definition) is 4. The van der Waals surface area contributed by atoms with E-state index in [2.05, 4.69) is 39.5 Å². The summed E-state index contributed by atoms with van der Waals surface area (Å²) in [6, 6.07) is 14.2. The van der Waals surface area contributed by atoms with Gasteiger partial charge in [0, 0.05) is 31.4 Å². The van der Waals surface area contributed by atoms with E-state index in [1.165, 1.54) is 11.3 Å². The second-order valence-electron chi connectivity index (χ2n) is 5.86. The molecule has 1 aliphatic heterocycles. The van der Waals surface area contributed by atoms with E-state index >= 15 is 0 Å². The quantitative estimate of drug-likeness (QED) is 0.884. The Bertz CT molecular complexity index is 637. The van der Waals surface area contributed by atoms with Crippen molar-refractivity contribution >= 4 is 11.6 Å². The average molecular weight is 325 g/mol. The lowest BCUT2D eigenvalue weighted by Crippen LogP contribution is -2.36. The van der Waals surface area contributed by atoms with Gasteiger partial charge in [0.25, 0.3) is 0 Å². The van der Waals surface area contributed by atoms with Gasteiger partial charge in [0.1, 0.15) is 0 Å². The Hall–Kier alpha value is -2.40. The fraction of sp³-hybridized carbons (Fsp3) is 0.368. The molecule has 1 fully saturated rings. The second kappa shape index (κ2) is 8.45. The molecule has 1 aromatic heterocycles. The SMILES string of the molecule is O=C(CCc1ccc(N2CCOCC2)cc1)NCc1ccccn1. The molecular weight excluding hydrogens is 302 g/mol. The van der Waals surface area contributed by atoms with Gasteiger partial charge in [-0.3, -0.25) is 9.78 Å². The molecule has 2 heterocycles. The highest BCUT2D eigenvalue weighted by Gasteiger charge is 2.11. The highest BCUT2D eigenvalue weighted by molar-refractivity contribution is 5.76. The van der Waals surface area contributed by atoms with Gasteiger partial charge in [-0.05, 0) is 36.2 Å². The van der Waals surface area contributed by atoms with Crippen molar-refractivity contribution in [1.29, 1.82) is 0 Å². The van der Waals surface area contributed by atoms with Gasteiger partial charge < -0.3 is 15.0 Å². The van der Waals surface area contributed by atoms with Crippen molar-refractivity contribution in [2.75, 3.05) is 31.2 Å². The van der Waals surface area contributed by atoms with Crippen molar-refractivity contribution in [2.24, 2.45) is 0 Å². The average Bonchev–Trinajstić information content (AvgIpc) is 2.67. The molecule has 1 aromatic carbocycles. The van der Waals surface area contributed by atoms with Gasteiger partial charge in [-0.1, -0.05) is 18.2 Å². The van der Waals surface area contributed by atoms with Crippen LogP contribution in [0.25, 0.3) is 0 Å². The normalized spacial score (nSPS) is 14.4. The maximum atomic E-state index is 11.9. The van der Waals surface area contributed by atoms with Crippen LogP contribution in [0.3, 0.4) is 0 Å². The highest BCUT2D eigenvalue weighted by Crippen LogP contribution is 2.17. The minimum atomic E-state index is 0.0536. The number of morpholine rings is 1. The highest BCUT2D eigenvalue weighted by atomic mass is 16.5. The van der Waals surface area contributed by atoms with Crippen LogP contribution in [0.5, 0.6) is 0 Å². The number of amides is 1. The minimum absolute atomic E-state index is 0.0536. The summed E-state index contributed by atoms with van der Waals surface area (Å²) in [6.07, 6.45) is 2.97. The van der Waals surface area contributed by atoms with Crippen LogP contribution in [0.2, 0.25) is 0 Å². The van der Waals surface area contributed by atoms with E-state index in [-0.39, 0.29) is 5.91 Å². The molecule has 0 aliphatic carbocycles. The van der Waals surface area contributed by atoms with Crippen LogP contribution in [0.4, 0.5) is 5.69 Å². The monoisotopic (exact) mass is 325 g/mol. The predicted octanol–water partition coefficient (Wildman–Crippen LogP) is 2.17. The maximum absolute atomic E-state index is 11.9.